The Morgan fingerprint density at radius 3 is 2.56 bits per heavy atom. The van der Waals surface area contributed by atoms with E-state index in [2.05, 4.69) is 5.32 Å². The van der Waals surface area contributed by atoms with Crippen LogP contribution in [0.15, 0.2) is 23.1 Å². The van der Waals surface area contributed by atoms with Crippen LogP contribution in [0.25, 0.3) is 0 Å². The number of amides is 1. The summed E-state index contributed by atoms with van der Waals surface area (Å²) in [5.74, 6) is -0.0355. The second-order valence-electron chi connectivity index (χ2n) is 4.18. The Balaban J connectivity index is 2.21. The van der Waals surface area contributed by atoms with E-state index < -0.39 is 14.5 Å². The molecule has 6 heteroatoms. The highest BCUT2D eigenvalue weighted by Gasteiger charge is 2.56. The lowest BCUT2D eigenvalue weighted by Crippen LogP contribution is -2.18. The van der Waals surface area contributed by atoms with Gasteiger partial charge in [-0.25, -0.2) is 8.42 Å². The lowest BCUT2D eigenvalue weighted by Gasteiger charge is -2.05. The maximum atomic E-state index is 11.7. The molecule has 4 nitrogen and oxygen atoms in total. The van der Waals surface area contributed by atoms with Crippen molar-refractivity contribution < 1.29 is 13.2 Å². The molecular formula is C10H8ClNO3S. The number of halogens is 1. The van der Waals surface area contributed by atoms with Gasteiger partial charge in [-0.3, -0.25) is 4.79 Å². The monoisotopic (exact) mass is 257 g/mol. The highest BCUT2D eigenvalue weighted by molar-refractivity contribution is 8.13. The average molecular weight is 258 g/mol. The number of nitrogens with one attached hydrogen (secondary N) is 1. The van der Waals surface area contributed by atoms with Crippen LogP contribution in [-0.2, 0) is 19.3 Å². The molecule has 0 unspecified atom stereocenters. The van der Waals surface area contributed by atoms with Crippen molar-refractivity contribution >= 4 is 31.3 Å². The molecule has 1 aliphatic carbocycles. The Labute approximate surface area is 97.0 Å². The van der Waals surface area contributed by atoms with Gasteiger partial charge in [-0.05, 0) is 36.6 Å². The second-order valence-corrected chi connectivity index (χ2v) is 6.75. The Bertz CT molecular complexity index is 604. The van der Waals surface area contributed by atoms with Gasteiger partial charge in [0.05, 0.1) is 10.3 Å². The van der Waals surface area contributed by atoms with Crippen molar-refractivity contribution in [1.82, 2.24) is 0 Å². The van der Waals surface area contributed by atoms with Crippen molar-refractivity contribution in [3.8, 4) is 0 Å². The SMILES string of the molecule is O=C1Nc2ccc(S(=O)(=O)Cl)cc2C12CC2. The minimum absolute atomic E-state index is 0.0355. The number of hydrogen-bond donors (Lipinski definition) is 1. The van der Waals surface area contributed by atoms with Gasteiger partial charge in [0, 0.05) is 16.4 Å². The molecule has 1 heterocycles. The normalized spacial score (nSPS) is 20.7. The fraction of sp³-hybridized carbons (Fsp3) is 0.300. The molecule has 1 amide bonds. The number of hydrogen-bond acceptors (Lipinski definition) is 3. The summed E-state index contributed by atoms with van der Waals surface area (Å²) < 4.78 is 22.4. The van der Waals surface area contributed by atoms with Gasteiger partial charge in [0.2, 0.25) is 5.91 Å². The standard InChI is InChI=1S/C10H8ClNO3S/c11-16(14,15)6-1-2-8-7(5-6)10(3-4-10)9(13)12-8/h1-2,5H,3-4H2,(H,12,13). The Morgan fingerprint density at radius 1 is 1.31 bits per heavy atom. The maximum Gasteiger partial charge on any atom is 0.261 e. The van der Waals surface area contributed by atoms with Crippen LogP contribution in [0.2, 0.25) is 0 Å². The Kier molecular flexibility index (Phi) is 1.76. The predicted octanol–water partition coefficient (Wildman–Crippen LogP) is 1.60. The van der Waals surface area contributed by atoms with Gasteiger partial charge in [-0.15, -0.1) is 0 Å². The van der Waals surface area contributed by atoms with Crippen LogP contribution < -0.4 is 5.32 Å². The van der Waals surface area contributed by atoms with Crippen molar-refractivity contribution in [2.45, 2.75) is 23.2 Å². The first kappa shape index (κ1) is 10.1. The van der Waals surface area contributed by atoms with Crippen LogP contribution in [0.5, 0.6) is 0 Å². The van der Waals surface area contributed by atoms with Crippen LogP contribution in [0.4, 0.5) is 5.69 Å². The fourth-order valence-corrected chi connectivity index (χ4v) is 2.94. The molecule has 1 fully saturated rings. The average Bonchev–Trinajstić information content (AvgIpc) is 2.92. The summed E-state index contributed by atoms with van der Waals surface area (Å²) in [6.45, 7) is 0. The third kappa shape index (κ3) is 1.21. The quantitative estimate of drug-likeness (QED) is 0.778. The summed E-state index contributed by atoms with van der Waals surface area (Å²) in [5, 5.41) is 2.75. The van der Waals surface area contributed by atoms with E-state index in [-0.39, 0.29) is 10.8 Å². The van der Waals surface area contributed by atoms with Crippen LogP contribution in [-0.4, -0.2) is 14.3 Å². The van der Waals surface area contributed by atoms with Gasteiger partial charge in [-0.1, -0.05) is 0 Å². The second kappa shape index (κ2) is 2.78. The first-order chi connectivity index (χ1) is 7.43. The zero-order valence-electron chi connectivity index (χ0n) is 8.16. The first-order valence-corrected chi connectivity index (χ1v) is 7.15. The molecule has 1 aromatic rings. The van der Waals surface area contributed by atoms with Gasteiger partial charge in [0.15, 0.2) is 0 Å². The van der Waals surface area contributed by atoms with E-state index in [9.17, 15) is 13.2 Å². The molecule has 0 saturated heterocycles. The summed E-state index contributed by atoms with van der Waals surface area (Å²) in [7, 11) is 1.55. The fourth-order valence-electron chi connectivity index (χ4n) is 2.17. The van der Waals surface area contributed by atoms with E-state index in [0.29, 0.717) is 5.69 Å². The van der Waals surface area contributed by atoms with Crippen LogP contribution in [0.3, 0.4) is 0 Å². The molecule has 3 rings (SSSR count). The van der Waals surface area contributed by atoms with Gasteiger partial charge in [0.25, 0.3) is 9.05 Å². The van der Waals surface area contributed by atoms with E-state index in [1.165, 1.54) is 12.1 Å². The molecule has 1 aliphatic heterocycles. The smallest absolute Gasteiger partial charge is 0.261 e. The van der Waals surface area contributed by atoms with Gasteiger partial charge < -0.3 is 5.32 Å². The van der Waals surface area contributed by atoms with Crippen LogP contribution >= 0.6 is 10.7 Å². The Hall–Kier alpha value is -1.07. The molecule has 1 aromatic carbocycles. The van der Waals surface area contributed by atoms with E-state index in [1.54, 1.807) is 6.07 Å². The lowest BCUT2D eigenvalue weighted by molar-refractivity contribution is -0.117. The third-order valence-corrected chi connectivity index (χ3v) is 4.57. The zero-order chi connectivity index (χ0) is 11.6. The number of carbonyl (C=O) groups is 1. The van der Waals surface area contributed by atoms with Crippen molar-refractivity contribution in [1.29, 1.82) is 0 Å². The summed E-state index contributed by atoms with van der Waals surface area (Å²) in [6.07, 6.45) is 1.55. The lowest BCUT2D eigenvalue weighted by atomic mass is 9.98. The van der Waals surface area contributed by atoms with Gasteiger partial charge in [-0.2, -0.15) is 0 Å². The largest absolute Gasteiger partial charge is 0.325 e. The molecule has 0 atom stereocenters. The maximum absolute atomic E-state index is 11.7. The molecule has 1 spiro atoms. The number of rotatable bonds is 1. The number of fused-ring (bicyclic) bond motifs is 2. The van der Waals surface area contributed by atoms with Crippen molar-refractivity contribution in [3.05, 3.63) is 23.8 Å². The van der Waals surface area contributed by atoms with Gasteiger partial charge in [0.1, 0.15) is 0 Å². The van der Waals surface area contributed by atoms with Gasteiger partial charge >= 0.3 is 0 Å². The highest BCUT2D eigenvalue weighted by Crippen LogP contribution is 2.55. The minimum Gasteiger partial charge on any atom is -0.325 e. The minimum atomic E-state index is -3.73. The summed E-state index contributed by atoms with van der Waals surface area (Å²) >= 11 is 0. The topological polar surface area (TPSA) is 63.2 Å². The number of anilines is 1. The summed E-state index contributed by atoms with van der Waals surface area (Å²) in [6, 6.07) is 4.50. The molecule has 1 N–H and O–H groups in total. The van der Waals surface area contributed by atoms with E-state index in [0.717, 1.165) is 18.4 Å². The van der Waals surface area contributed by atoms with E-state index in [1.807, 2.05) is 0 Å². The summed E-state index contributed by atoms with van der Waals surface area (Å²) in [4.78, 5) is 11.7. The van der Waals surface area contributed by atoms with Crippen molar-refractivity contribution in [3.63, 3.8) is 0 Å². The van der Waals surface area contributed by atoms with Crippen LogP contribution in [0, 0.1) is 0 Å². The molecule has 0 aromatic heterocycles. The zero-order valence-corrected chi connectivity index (χ0v) is 9.73. The molecule has 1 saturated carbocycles. The number of carbonyl (C=O) groups excluding carboxylic acids is 1. The van der Waals surface area contributed by atoms with Crippen molar-refractivity contribution in [2.75, 3.05) is 5.32 Å². The molecule has 0 radical (unpaired) electrons. The van der Waals surface area contributed by atoms with E-state index >= 15 is 0 Å². The molecule has 16 heavy (non-hydrogen) atoms. The summed E-state index contributed by atoms with van der Waals surface area (Å²) in [5.41, 5.74) is 0.984. The third-order valence-electron chi connectivity index (χ3n) is 3.22. The number of benzene rings is 1. The molecule has 2 aliphatic rings. The van der Waals surface area contributed by atoms with Crippen LogP contribution in [0.1, 0.15) is 18.4 Å². The van der Waals surface area contributed by atoms with Crippen molar-refractivity contribution in [2.24, 2.45) is 0 Å². The predicted molar refractivity (Wildman–Crippen MR) is 59.0 cm³/mol. The molecule has 84 valence electrons. The van der Waals surface area contributed by atoms with E-state index in [4.69, 9.17) is 10.7 Å². The molecule has 0 bridgehead atoms. The highest BCUT2D eigenvalue weighted by atomic mass is 35.7. The first-order valence-electron chi connectivity index (χ1n) is 4.84. The molecular weight excluding hydrogens is 250 g/mol. The Morgan fingerprint density at radius 2 is 2.00 bits per heavy atom.